The van der Waals surface area contributed by atoms with E-state index >= 15 is 0 Å². The number of phosphoric ester groups is 1. The molecule has 56 heavy (non-hydrogen) atoms. The highest BCUT2D eigenvalue weighted by Crippen LogP contribution is 2.47. The number of pyridine rings is 1. The van der Waals surface area contributed by atoms with Crippen LogP contribution in [0.2, 0.25) is 0 Å². The average Bonchev–Trinajstić information content (AvgIpc) is 3.73. The maximum absolute atomic E-state index is 13.1. The van der Waals surface area contributed by atoms with Gasteiger partial charge >= 0.3 is 7.82 Å². The first kappa shape index (κ1) is 45.7. The molecule has 6 atom stereocenters. The van der Waals surface area contributed by atoms with Gasteiger partial charge in [0.2, 0.25) is 0 Å². The number of aromatic nitrogens is 4. The summed E-state index contributed by atoms with van der Waals surface area (Å²) in [6, 6.07) is 8.58. The summed E-state index contributed by atoms with van der Waals surface area (Å²) in [7, 11) is -4.70. The van der Waals surface area contributed by atoms with E-state index < -0.39 is 44.4 Å². The number of nitrogens with zero attached hydrogens (tertiary/aromatic N) is 5. The van der Waals surface area contributed by atoms with Gasteiger partial charge in [0.15, 0.2) is 5.82 Å². The predicted octanol–water partition coefficient (Wildman–Crippen LogP) is 7.13. The SMILES string of the molecule is CCCCCCCCCCCCCCCCCCOC[C@H](COP(=O)(O)OC[C@@]1(C)O[C@@H](c2ccc3c(N)ncnn23)[C@H](O)[C@@H]1O)OCc1ccc(C#N)nc1. The number of unbranched alkanes of at least 4 members (excludes halogenated alkanes) is 15. The molecule has 1 saturated heterocycles. The molecule has 1 aliphatic rings. The Labute approximate surface area is 331 Å². The number of aliphatic hydroxyl groups excluding tert-OH is 2. The second-order valence-electron chi connectivity index (χ2n) is 15.0. The Bertz CT molecular complexity index is 1660. The summed E-state index contributed by atoms with van der Waals surface area (Å²) in [6.07, 6.45) is 18.6. The zero-order valence-corrected chi connectivity index (χ0v) is 34.1. The fraction of sp³-hybridized carbons (Fsp3) is 0.700. The average molecular weight is 803 g/mol. The highest BCUT2D eigenvalue weighted by Gasteiger charge is 2.53. The molecule has 0 aromatic carbocycles. The Balaban J connectivity index is 1.16. The molecule has 4 heterocycles. The highest BCUT2D eigenvalue weighted by molar-refractivity contribution is 7.47. The van der Waals surface area contributed by atoms with Gasteiger partial charge in [0, 0.05) is 12.8 Å². The van der Waals surface area contributed by atoms with E-state index in [9.17, 15) is 19.7 Å². The lowest BCUT2D eigenvalue weighted by atomic mass is 9.97. The Kier molecular flexibility index (Phi) is 19.6. The van der Waals surface area contributed by atoms with E-state index in [0.29, 0.717) is 23.4 Å². The van der Waals surface area contributed by atoms with E-state index in [-0.39, 0.29) is 31.3 Å². The van der Waals surface area contributed by atoms with Crippen molar-refractivity contribution in [2.75, 3.05) is 32.2 Å². The molecule has 0 bridgehead atoms. The number of nitrogens with two attached hydrogens (primary N) is 1. The third kappa shape index (κ3) is 14.7. The van der Waals surface area contributed by atoms with Crippen LogP contribution in [0, 0.1) is 11.3 Å². The van der Waals surface area contributed by atoms with Crippen molar-refractivity contribution in [3.63, 3.8) is 0 Å². The fourth-order valence-corrected chi connectivity index (χ4v) is 7.67. The minimum absolute atomic E-state index is 0.105. The van der Waals surface area contributed by atoms with Crippen molar-refractivity contribution < 1.29 is 42.9 Å². The number of rotatable bonds is 29. The van der Waals surface area contributed by atoms with Crippen LogP contribution in [0.4, 0.5) is 5.82 Å². The van der Waals surface area contributed by atoms with E-state index in [2.05, 4.69) is 22.0 Å². The maximum Gasteiger partial charge on any atom is 0.472 e. The first-order valence-electron chi connectivity index (χ1n) is 20.3. The van der Waals surface area contributed by atoms with Gasteiger partial charge in [-0.2, -0.15) is 10.4 Å². The maximum atomic E-state index is 13.1. The fourth-order valence-electron chi connectivity index (χ4n) is 6.83. The first-order chi connectivity index (χ1) is 27.1. The lowest BCUT2D eigenvalue weighted by Gasteiger charge is -2.28. The van der Waals surface area contributed by atoms with E-state index in [0.717, 1.165) is 19.3 Å². The molecule has 4 rings (SSSR count). The standard InChI is InChI=1S/C40H63N6O9P/c1-3-4-5-6-7-8-9-10-11-12-13-14-15-16-17-18-23-51-27-33(52-26-31-19-20-32(24-41)43-25-31)28-53-56(49,50)54-29-40(2)38(48)36(47)37(55-40)34-21-22-35-39(42)44-30-45-46(34)35/h19-22,25,30,33,36-38,47-48H,3-18,23,26-29H2,1-2H3,(H,49,50)(H2,42,44,45)/t33-,36+,37+,38+,40-/m1/s1. The zero-order valence-electron chi connectivity index (χ0n) is 33.2. The minimum atomic E-state index is -4.70. The van der Waals surface area contributed by atoms with Gasteiger partial charge in [-0.1, -0.05) is 109 Å². The largest absolute Gasteiger partial charge is 0.472 e. The third-order valence-electron chi connectivity index (χ3n) is 10.3. The van der Waals surface area contributed by atoms with Crippen LogP contribution in [0.15, 0.2) is 36.8 Å². The molecular weight excluding hydrogens is 739 g/mol. The Morgan fingerprint density at radius 1 is 0.929 bits per heavy atom. The molecule has 0 aliphatic carbocycles. The van der Waals surface area contributed by atoms with Crippen LogP contribution in [-0.4, -0.2) is 85.0 Å². The number of phosphoric acid groups is 1. The van der Waals surface area contributed by atoms with Crippen molar-refractivity contribution in [1.82, 2.24) is 19.6 Å². The Hall–Kier alpha value is -3.03. The number of nitrogen functional groups attached to an aromatic ring is 1. The van der Waals surface area contributed by atoms with Gasteiger partial charge < -0.3 is 35.1 Å². The summed E-state index contributed by atoms with van der Waals surface area (Å²) in [5.41, 5.74) is 6.23. The van der Waals surface area contributed by atoms with Gasteiger partial charge in [0.05, 0.1) is 32.1 Å². The first-order valence-corrected chi connectivity index (χ1v) is 21.8. The molecule has 0 saturated carbocycles. The number of anilines is 1. The van der Waals surface area contributed by atoms with Gasteiger partial charge in [0.1, 0.15) is 53.6 Å². The van der Waals surface area contributed by atoms with Crippen molar-refractivity contribution in [3.05, 3.63) is 53.7 Å². The lowest BCUT2D eigenvalue weighted by molar-refractivity contribution is -0.102. The second kappa shape index (κ2) is 24.0. The number of ether oxygens (including phenoxy) is 3. The van der Waals surface area contributed by atoms with Gasteiger partial charge in [-0.3, -0.25) is 9.05 Å². The van der Waals surface area contributed by atoms with Gasteiger partial charge in [0.25, 0.3) is 0 Å². The molecule has 1 fully saturated rings. The van der Waals surface area contributed by atoms with Crippen LogP contribution in [0.5, 0.6) is 0 Å². The summed E-state index contributed by atoms with van der Waals surface area (Å²) in [6.45, 7) is 3.54. The van der Waals surface area contributed by atoms with E-state index in [4.69, 9.17) is 34.3 Å². The molecular formula is C40H63N6O9P. The predicted molar refractivity (Wildman–Crippen MR) is 211 cm³/mol. The topological polar surface area (TPSA) is 217 Å². The summed E-state index contributed by atoms with van der Waals surface area (Å²) < 4.78 is 43.0. The summed E-state index contributed by atoms with van der Waals surface area (Å²) in [5.74, 6) is 0.227. The third-order valence-corrected chi connectivity index (χ3v) is 11.2. The normalized spacial score (nSPS) is 21.3. The van der Waals surface area contributed by atoms with E-state index in [1.54, 1.807) is 24.3 Å². The molecule has 312 valence electrons. The molecule has 3 aromatic rings. The monoisotopic (exact) mass is 802 g/mol. The smallest absolute Gasteiger partial charge is 0.387 e. The summed E-state index contributed by atoms with van der Waals surface area (Å²) in [5, 5.41) is 35.0. The summed E-state index contributed by atoms with van der Waals surface area (Å²) in [4.78, 5) is 18.6. The molecule has 0 spiro atoms. The molecule has 5 N–H and O–H groups in total. The van der Waals surface area contributed by atoms with Crippen LogP contribution >= 0.6 is 7.82 Å². The summed E-state index contributed by atoms with van der Waals surface area (Å²) >= 11 is 0. The Morgan fingerprint density at radius 2 is 1.57 bits per heavy atom. The second-order valence-corrected chi connectivity index (χ2v) is 16.5. The van der Waals surface area contributed by atoms with Crippen LogP contribution in [0.25, 0.3) is 5.52 Å². The van der Waals surface area contributed by atoms with Crippen molar-refractivity contribution in [1.29, 1.82) is 5.26 Å². The van der Waals surface area contributed by atoms with E-state index in [1.807, 2.05) is 6.07 Å². The molecule has 0 amide bonds. The van der Waals surface area contributed by atoms with E-state index in [1.165, 1.54) is 107 Å². The number of hydrogen-bond acceptors (Lipinski definition) is 13. The van der Waals surface area contributed by atoms with Crippen molar-refractivity contribution in [2.45, 2.75) is 153 Å². The minimum Gasteiger partial charge on any atom is -0.387 e. The molecule has 1 unspecified atom stereocenters. The number of hydrogen-bond donors (Lipinski definition) is 4. The molecule has 15 nitrogen and oxygen atoms in total. The van der Waals surface area contributed by atoms with Crippen LogP contribution < -0.4 is 5.73 Å². The molecule has 0 radical (unpaired) electrons. The van der Waals surface area contributed by atoms with Gasteiger partial charge in [-0.05, 0) is 37.1 Å². The highest BCUT2D eigenvalue weighted by atomic mass is 31.2. The number of fused-ring (bicyclic) bond motifs is 1. The van der Waals surface area contributed by atoms with Crippen LogP contribution in [0.3, 0.4) is 0 Å². The van der Waals surface area contributed by atoms with Crippen LogP contribution in [0.1, 0.15) is 140 Å². The van der Waals surface area contributed by atoms with Gasteiger partial charge in [-0.15, -0.1) is 0 Å². The lowest BCUT2D eigenvalue weighted by Crippen LogP contribution is -2.44. The zero-order chi connectivity index (χ0) is 40.2. The van der Waals surface area contributed by atoms with Gasteiger partial charge in [-0.25, -0.2) is 19.0 Å². The molecule has 3 aromatic heterocycles. The number of nitriles is 1. The quantitative estimate of drug-likeness (QED) is 0.0406. The number of aliphatic hydroxyl groups is 2. The van der Waals surface area contributed by atoms with Crippen molar-refractivity contribution in [2.24, 2.45) is 0 Å². The molecule has 1 aliphatic heterocycles. The van der Waals surface area contributed by atoms with Crippen molar-refractivity contribution in [3.8, 4) is 6.07 Å². The van der Waals surface area contributed by atoms with Crippen LogP contribution in [-0.2, 0) is 34.4 Å². The van der Waals surface area contributed by atoms with Crippen molar-refractivity contribution >= 4 is 19.2 Å². The Morgan fingerprint density at radius 3 is 2.18 bits per heavy atom. The molecule has 16 heteroatoms.